The Morgan fingerprint density at radius 3 is 1.90 bits per heavy atom. The normalized spacial score (nSPS) is 13.2. The monoisotopic (exact) mass is 1170 g/mol. The van der Waals surface area contributed by atoms with Gasteiger partial charge in [-0.05, 0) is 92.7 Å². The van der Waals surface area contributed by atoms with Crippen LogP contribution in [0.4, 0.5) is 0 Å². The van der Waals surface area contributed by atoms with E-state index in [2.05, 4.69) is 212 Å². The molecular formula is C65H59GeIrN3O-2. The zero-order valence-electron chi connectivity index (χ0n) is 47.1. The van der Waals surface area contributed by atoms with Crippen molar-refractivity contribution in [3.63, 3.8) is 0 Å². The first-order valence-electron chi connectivity index (χ1n) is 27.0. The van der Waals surface area contributed by atoms with Crippen molar-refractivity contribution in [1.29, 1.82) is 0 Å². The van der Waals surface area contributed by atoms with Gasteiger partial charge in [0.2, 0.25) is 0 Å². The number of nitrogens with zero attached hydrogens (tertiary/aromatic N) is 3. The van der Waals surface area contributed by atoms with Gasteiger partial charge in [0.25, 0.3) is 0 Å². The van der Waals surface area contributed by atoms with Gasteiger partial charge in [0, 0.05) is 31.2 Å². The van der Waals surface area contributed by atoms with E-state index < -0.39 is 27.0 Å². The minimum atomic E-state index is -2.38. The van der Waals surface area contributed by atoms with Gasteiger partial charge in [-0.3, -0.25) is 4.98 Å². The van der Waals surface area contributed by atoms with E-state index in [0.29, 0.717) is 16.8 Å². The molecule has 0 atom stereocenters. The molecule has 0 aliphatic rings. The molecule has 0 saturated carbocycles. The molecule has 11 aromatic rings. The number of para-hydroxylation sites is 2. The molecule has 71 heavy (non-hydrogen) atoms. The predicted molar refractivity (Wildman–Crippen MR) is 298 cm³/mol. The second kappa shape index (κ2) is 20.6. The van der Waals surface area contributed by atoms with E-state index in [4.69, 9.17) is 17.6 Å². The second-order valence-electron chi connectivity index (χ2n) is 19.6. The van der Waals surface area contributed by atoms with E-state index in [1.807, 2.05) is 6.07 Å². The summed E-state index contributed by atoms with van der Waals surface area (Å²) in [6.07, 6.45) is 1.67. The largest absolute Gasteiger partial charge is 0 e. The third-order valence-electron chi connectivity index (χ3n) is 13.1. The molecule has 6 heteroatoms. The molecule has 8 aromatic carbocycles. The number of fused-ring (bicyclic) bond motifs is 4. The smallest absolute Gasteiger partial charge is 0 e. The molecular weight excluding hydrogens is 1100 g/mol. The summed E-state index contributed by atoms with van der Waals surface area (Å²) in [7, 11) is 0. The summed E-state index contributed by atoms with van der Waals surface area (Å²) >= 11 is -2.38. The third-order valence-corrected chi connectivity index (χ3v) is 17.3. The fourth-order valence-corrected chi connectivity index (χ4v) is 12.2. The minimum Gasteiger partial charge on any atom is 0 e. The maximum atomic E-state index is 7.82. The van der Waals surface area contributed by atoms with Crippen molar-refractivity contribution in [3.8, 4) is 61.7 Å². The molecule has 3 aromatic heterocycles. The van der Waals surface area contributed by atoms with Gasteiger partial charge in [-0.1, -0.05) is 142 Å². The van der Waals surface area contributed by atoms with Gasteiger partial charge in [-0.25, -0.2) is 0 Å². The van der Waals surface area contributed by atoms with Gasteiger partial charge in [-0.2, -0.15) is 0 Å². The van der Waals surface area contributed by atoms with Crippen molar-refractivity contribution >= 4 is 50.6 Å². The van der Waals surface area contributed by atoms with Crippen molar-refractivity contribution in [1.82, 2.24) is 14.5 Å². The van der Waals surface area contributed by atoms with E-state index in [9.17, 15) is 0 Å². The molecule has 0 unspecified atom stereocenters. The Morgan fingerprint density at radius 2 is 1.25 bits per heavy atom. The summed E-state index contributed by atoms with van der Waals surface area (Å²) in [6.45, 7) is 4.76. The van der Waals surface area contributed by atoms with E-state index in [-0.39, 0.29) is 37.5 Å². The van der Waals surface area contributed by atoms with Crippen LogP contribution in [0, 0.1) is 25.8 Å². The zero-order chi connectivity index (χ0) is 53.7. The molecule has 1 radical (unpaired) electrons. The summed E-state index contributed by atoms with van der Waals surface area (Å²) in [4.78, 5) is 9.74. The molecule has 0 aliphatic carbocycles. The Labute approximate surface area is 444 Å². The number of hydrogen-bond donors (Lipinski definition) is 0. The van der Waals surface area contributed by atoms with Crippen molar-refractivity contribution in [2.45, 2.75) is 70.5 Å². The molecule has 0 spiro atoms. The number of furan rings is 1. The quantitative estimate of drug-likeness (QED) is 0.107. The summed E-state index contributed by atoms with van der Waals surface area (Å²) < 4.78 is 55.7. The van der Waals surface area contributed by atoms with Gasteiger partial charge in [0.15, 0.2) is 0 Å². The predicted octanol–water partition coefficient (Wildman–Crippen LogP) is 17.3. The average molecular weight is 1170 g/mol. The van der Waals surface area contributed by atoms with Crippen molar-refractivity contribution in [2.75, 3.05) is 0 Å². The van der Waals surface area contributed by atoms with Crippen LogP contribution in [0.3, 0.4) is 0 Å². The fourth-order valence-electron chi connectivity index (χ4n) is 9.42. The van der Waals surface area contributed by atoms with Crippen LogP contribution in [-0.2, 0) is 20.1 Å². The average Bonchev–Trinajstić information content (AvgIpc) is 4.05. The van der Waals surface area contributed by atoms with Crippen LogP contribution < -0.4 is 4.40 Å². The Hall–Kier alpha value is -6.63. The molecule has 0 saturated heterocycles. The molecule has 0 aliphatic heterocycles. The first-order chi connectivity index (χ1) is 36.2. The van der Waals surface area contributed by atoms with Crippen molar-refractivity contribution < 1.29 is 32.7 Å². The number of aromatic nitrogens is 3. The van der Waals surface area contributed by atoms with Gasteiger partial charge in [-0.15, -0.1) is 18.2 Å². The van der Waals surface area contributed by atoms with Crippen LogP contribution in [0.2, 0.25) is 17.3 Å². The first kappa shape index (κ1) is 42.1. The Morgan fingerprint density at radius 1 is 0.606 bits per heavy atom. The number of aryl methyl sites for hydroxylation is 2. The number of benzene rings is 8. The zero-order valence-corrected chi connectivity index (χ0v) is 45.6. The first-order valence-corrected chi connectivity index (χ1v) is 31.4. The number of imidazole rings is 1. The van der Waals surface area contributed by atoms with E-state index in [1.54, 1.807) is 18.3 Å². The van der Waals surface area contributed by atoms with Gasteiger partial charge in [0.1, 0.15) is 5.58 Å². The summed E-state index contributed by atoms with van der Waals surface area (Å²) in [5.41, 5.74) is 17.0. The van der Waals surface area contributed by atoms with Gasteiger partial charge >= 0.3 is 121 Å². The van der Waals surface area contributed by atoms with Crippen LogP contribution in [0.5, 0.6) is 0 Å². The Kier molecular flexibility index (Phi) is 12.2. The van der Waals surface area contributed by atoms with Crippen LogP contribution >= 0.6 is 0 Å². The number of rotatable bonds is 9. The molecule has 4 nitrogen and oxygen atoms in total. The van der Waals surface area contributed by atoms with Crippen molar-refractivity contribution in [2.24, 2.45) is 0 Å². The van der Waals surface area contributed by atoms with Crippen LogP contribution in [0.25, 0.3) is 94.7 Å². The molecule has 11 rings (SSSR count). The summed E-state index contributed by atoms with van der Waals surface area (Å²) in [6, 6.07) is 66.4. The Bertz CT molecular complexity index is 3870. The number of pyridine rings is 1. The maximum absolute atomic E-state index is 7.82. The SMILES string of the molecule is CC(C)c1cc(-c2ccccc2)cc(C(C)C)c1-n1c(-c2[c-]ccc3c2oc2cc(-c4cccc(-c5ccccc5)c4)ccc23)nc2ccccc21.[2H]C([2H])([2H])c1c[c-]c(-c2cc(C([2H])([2H])[2H])[c]([Ge]([CH3])([CH3])[CH3])cn2)cc1.[Ir]. The summed E-state index contributed by atoms with van der Waals surface area (Å²) in [5.74, 6) is 7.76. The van der Waals surface area contributed by atoms with E-state index in [0.717, 1.165) is 59.9 Å². The Balaban J connectivity index is 0.000000244. The standard InChI is InChI=1S/C49H39N2O.C16H20GeN.Ir/c1-31(2)42-28-38(34-17-9-6-10-18-34)29-43(32(3)4)47(42)51-45-24-12-11-23-44(45)50-49(51)41-22-14-21-40-39-26-25-37(30-46(39)52-48(40)41)36-20-13-19-35(27-36)33-15-7-5-8-16-33;1-12-6-8-14(9-7-12)16-10-13(2)15(11-18-16)17(3,4)5;/h5-21,23-32H,1-4H3;6-8,10-11H,1-5H3;/q2*-1;/i;1D3,2D3;. The summed E-state index contributed by atoms with van der Waals surface area (Å²) in [5, 5.41) is 2.13. The van der Waals surface area contributed by atoms with Crippen molar-refractivity contribution in [3.05, 3.63) is 217 Å². The van der Waals surface area contributed by atoms with Crippen LogP contribution in [0.1, 0.15) is 70.0 Å². The molecule has 0 amide bonds. The minimum absolute atomic E-state index is 0. The van der Waals surface area contributed by atoms with Gasteiger partial charge < -0.3 is 8.98 Å². The molecule has 0 fully saturated rings. The topological polar surface area (TPSA) is 43.9 Å². The van der Waals surface area contributed by atoms with Crippen LogP contribution in [-0.4, -0.2) is 27.8 Å². The third kappa shape index (κ3) is 10.0. The second-order valence-corrected chi connectivity index (χ2v) is 30.2. The van der Waals surface area contributed by atoms with Gasteiger partial charge in [0.05, 0.1) is 22.4 Å². The molecule has 3 heterocycles. The maximum Gasteiger partial charge on any atom is 0 e. The molecule has 355 valence electrons. The molecule has 0 N–H and O–H groups in total. The number of hydrogen-bond acceptors (Lipinski definition) is 3. The van der Waals surface area contributed by atoms with Crippen LogP contribution in [0.15, 0.2) is 187 Å². The molecule has 0 bridgehead atoms. The van der Waals surface area contributed by atoms with E-state index >= 15 is 0 Å². The van der Waals surface area contributed by atoms with E-state index in [1.165, 1.54) is 51.2 Å². The fraction of sp³-hybridized carbons (Fsp3) is 0.169.